The predicted molar refractivity (Wildman–Crippen MR) is 142 cm³/mol. The Morgan fingerprint density at radius 1 is 1.08 bits per heavy atom. The van der Waals surface area contributed by atoms with Gasteiger partial charge in [-0.05, 0) is 73.1 Å². The molecule has 3 fully saturated rings. The molecule has 37 heavy (non-hydrogen) atoms. The molecule has 7 heteroatoms. The van der Waals surface area contributed by atoms with Gasteiger partial charge in [0.2, 0.25) is 0 Å². The van der Waals surface area contributed by atoms with Crippen molar-refractivity contribution in [2.24, 2.45) is 11.8 Å². The molecule has 7 nitrogen and oxygen atoms in total. The Hall–Kier alpha value is -3.19. The number of ether oxygens (including phenoxy) is 4. The van der Waals surface area contributed by atoms with Gasteiger partial charge in [0.1, 0.15) is 12.4 Å². The van der Waals surface area contributed by atoms with Crippen molar-refractivity contribution in [2.75, 3.05) is 41.0 Å². The van der Waals surface area contributed by atoms with Crippen LogP contribution in [0.25, 0.3) is 10.9 Å². The number of fused-ring (bicyclic) bond motifs is 4. The summed E-state index contributed by atoms with van der Waals surface area (Å²) in [6.45, 7) is 4.82. The second-order valence-corrected chi connectivity index (χ2v) is 10.9. The molecule has 7 rings (SSSR count). The third-order valence-electron chi connectivity index (χ3n) is 9.05. The van der Waals surface area contributed by atoms with Crippen molar-refractivity contribution in [1.29, 1.82) is 0 Å². The number of carbonyl (C=O) groups is 1. The molecule has 4 heterocycles. The van der Waals surface area contributed by atoms with Crippen molar-refractivity contribution in [3.8, 4) is 17.2 Å². The fourth-order valence-electron chi connectivity index (χ4n) is 7.58. The van der Waals surface area contributed by atoms with Gasteiger partial charge in [-0.1, -0.05) is 13.3 Å². The van der Waals surface area contributed by atoms with Crippen molar-refractivity contribution >= 4 is 16.9 Å². The summed E-state index contributed by atoms with van der Waals surface area (Å²) < 4.78 is 22.5. The Labute approximate surface area is 218 Å². The number of hydrogen-bond donors (Lipinski definition) is 1. The van der Waals surface area contributed by atoms with E-state index in [1.54, 1.807) is 39.5 Å². The molecule has 1 saturated carbocycles. The summed E-state index contributed by atoms with van der Waals surface area (Å²) in [6.07, 6.45) is 4.40. The molecule has 3 aliphatic heterocycles. The van der Waals surface area contributed by atoms with E-state index in [2.05, 4.69) is 28.9 Å². The van der Waals surface area contributed by atoms with E-state index in [1.807, 2.05) is 6.07 Å². The highest BCUT2D eigenvalue weighted by Crippen LogP contribution is 2.55. The molecular weight excluding hydrogens is 468 g/mol. The third-order valence-corrected chi connectivity index (χ3v) is 9.05. The van der Waals surface area contributed by atoms with E-state index < -0.39 is 0 Å². The lowest BCUT2D eigenvalue weighted by molar-refractivity contribution is -0.0811. The molecule has 196 valence electrons. The number of nitrogens with zero attached hydrogens (tertiary/aromatic N) is 1. The zero-order valence-corrected chi connectivity index (χ0v) is 22.1. The second-order valence-electron chi connectivity index (χ2n) is 10.9. The van der Waals surface area contributed by atoms with Gasteiger partial charge in [0.15, 0.2) is 11.5 Å². The summed E-state index contributed by atoms with van der Waals surface area (Å²) in [5.41, 5.74) is 3.92. The van der Waals surface area contributed by atoms with E-state index in [0.29, 0.717) is 41.5 Å². The molecule has 4 aliphatic rings. The van der Waals surface area contributed by atoms with Crippen LogP contribution in [0, 0.1) is 11.8 Å². The van der Waals surface area contributed by atoms with Crippen molar-refractivity contribution in [3.05, 3.63) is 53.2 Å². The van der Waals surface area contributed by atoms with E-state index in [9.17, 15) is 4.79 Å². The Morgan fingerprint density at radius 2 is 1.92 bits per heavy atom. The van der Waals surface area contributed by atoms with Crippen LogP contribution in [0.1, 0.15) is 47.8 Å². The van der Waals surface area contributed by atoms with Crippen LogP contribution >= 0.6 is 0 Å². The van der Waals surface area contributed by atoms with E-state index in [4.69, 9.17) is 18.9 Å². The van der Waals surface area contributed by atoms with E-state index >= 15 is 0 Å². The molecule has 1 aliphatic carbocycles. The molecule has 2 saturated heterocycles. The minimum Gasteiger partial charge on any atom is -0.497 e. The van der Waals surface area contributed by atoms with Gasteiger partial charge in [0.05, 0.1) is 32.3 Å². The number of methoxy groups -OCH3 is 3. The van der Waals surface area contributed by atoms with Gasteiger partial charge >= 0.3 is 5.97 Å². The highest BCUT2D eigenvalue weighted by Gasteiger charge is 2.58. The molecule has 5 atom stereocenters. The van der Waals surface area contributed by atoms with Crippen molar-refractivity contribution < 1.29 is 23.7 Å². The summed E-state index contributed by atoms with van der Waals surface area (Å²) in [7, 11) is 4.87. The molecule has 3 aromatic rings. The van der Waals surface area contributed by atoms with Crippen LogP contribution in [-0.4, -0.2) is 62.9 Å². The predicted octanol–water partition coefficient (Wildman–Crippen LogP) is 4.97. The first-order valence-corrected chi connectivity index (χ1v) is 13.3. The monoisotopic (exact) mass is 504 g/mol. The number of hydrogen-bond acceptors (Lipinski definition) is 6. The first-order valence-electron chi connectivity index (χ1n) is 13.3. The fourth-order valence-corrected chi connectivity index (χ4v) is 7.58. The largest absolute Gasteiger partial charge is 0.497 e. The highest BCUT2D eigenvalue weighted by atomic mass is 16.5. The number of rotatable bonds is 7. The number of piperidine rings is 2. The molecule has 4 bridgehead atoms. The number of carbonyl (C=O) groups excluding carboxylic acids is 1. The second kappa shape index (κ2) is 9.28. The lowest BCUT2D eigenvalue weighted by Crippen LogP contribution is -2.66. The standard InChI is InChI=1S/C30H36N2O5/c1-5-19-12-18-15-30(17-37-29(33)20-6-9-25(35-3)26(13-20)36-4)27-22(10-11-32(16-18)28(19)30)23-14-21(34-2)7-8-24(23)31-27/h6-9,13-14,18-19,28,31H,5,10-12,15-17H2,1-4H3/t18-,19+,28?,30?/m0/s1. The summed E-state index contributed by atoms with van der Waals surface area (Å²) in [6, 6.07) is 11.8. The number of benzene rings is 2. The molecule has 0 amide bonds. The maximum atomic E-state index is 13.4. The van der Waals surface area contributed by atoms with Crippen LogP contribution in [0.3, 0.4) is 0 Å². The maximum Gasteiger partial charge on any atom is 0.338 e. The van der Waals surface area contributed by atoms with Gasteiger partial charge in [0, 0.05) is 35.7 Å². The number of nitrogens with one attached hydrogen (secondary N) is 1. The summed E-state index contributed by atoms with van der Waals surface area (Å²) in [5.74, 6) is 2.82. The van der Waals surface area contributed by atoms with Crippen LogP contribution < -0.4 is 14.2 Å². The van der Waals surface area contributed by atoms with Crippen LogP contribution in [-0.2, 0) is 16.6 Å². The molecule has 2 aromatic carbocycles. The minimum atomic E-state index is -0.333. The molecule has 3 unspecified atom stereocenters. The van der Waals surface area contributed by atoms with Crippen LogP contribution in [0.15, 0.2) is 36.4 Å². The Morgan fingerprint density at radius 3 is 2.68 bits per heavy atom. The number of esters is 1. The molecular formula is C30H36N2O5. The van der Waals surface area contributed by atoms with Gasteiger partial charge in [-0.15, -0.1) is 0 Å². The SMILES string of the molecule is CC[C@@H]1C[C@@H]2CN3CCc4c([nH]c5ccc(OC)cc45)C(COC(=O)c4ccc(OC)c(OC)c4)(C2)C13. The first kappa shape index (κ1) is 24.2. The average molecular weight is 505 g/mol. The average Bonchev–Trinajstić information content (AvgIpc) is 3.28. The smallest absolute Gasteiger partial charge is 0.338 e. The summed E-state index contributed by atoms with van der Waals surface area (Å²) in [5, 5.41) is 1.22. The van der Waals surface area contributed by atoms with Crippen LogP contribution in [0.4, 0.5) is 0 Å². The fraction of sp³-hybridized carbons (Fsp3) is 0.500. The Balaban J connectivity index is 1.41. The van der Waals surface area contributed by atoms with E-state index in [0.717, 1.165) is 43.6 Å². The van der Waals surface area contributed by atoms with Gasteiger partial charge < -0.3 is 23.9 Å². The maximum absolute atomic E-state index is 13.4. The Bertz CT molecular complexity index is 1330. The minimum absolute atomic E-state index is 0.272. The number of aromatic amines is 1. The normalized spacial score (nSPS) is 27.9. The third kappa shape index (κ3) is 3.78. The van der Waals surface area contributed by atoms with Gasteiger partial charge in [-0.2, -0.15) is 0 Å². The van der Waals surface area contributed by atoms with Gasteiger partial charge in [-0.25, -0.2) is 4.79 Å². The molecule has 1 aromatic heterocycles. The van der Waals surface area contributed by atoms with E-state index in [1.165, 1.54) is 23.1 Å². The first-order chi connectivity index (χ1) is 18.0. The highest BCUT2D eigenvalue weighted by molar-refractivity contribution is 5.90. The number of aromatic nitrogens is 1. The zero-order chi connectivity index (χ0) is 25.7. The molecule has 0 spiro atoms. The quantitative estimate of drug-likeness (QED) is 0.459. The van der Waals surface area contributed by atoms with Gasteiger partial charge in [0.25, 0.3) is 0 Å². The van der Waals surface area contributed by atoms with Crippen molar-refractivity contribution in [1.82, 2.24) is 9.88 Å². The topological polar surface area (TPSA) is 73.0 Å². The molecule has 0 radical (unpaired) electrons. The lowest BCUT2D eigenvalue weighted by atomic mass is 9.56. The molecule has 1 N–H and O–H groups in total. The van der Waals surface area contributed by atoms with E-state index in [-0.39, 0.29) is 11.4 Å². The summed E-state index contributed by atoms with van der Waals surface area (Å²) >= 11 is 0. The lowest BCUT2D eigenvalue weighted by Gasteiger charge is -2.59. The zero-order valence-electron chi connectivity index (χ0n) is 22.1. The van der Waals surface area contributed by atoms with Crippen LogP contribution in [0.2, 0.25) is 0 Å². The van der Waals surface area contributed by atoms with Crippen molar-refractivity contribution in [3.63, 3.8) is 0 Å². The summed E-state index contributed by atoms with van der Waals surface area (Å²) in [4.78, 5) is 19.9. The van der Waals surface area contributed by atoms with Crippen LogP contribution in [0.5, 0.6) is 17.2 Å². The van der Waals surface area contributed by atoms with Crippen molar-refractivity contribution in [2.45, 2.75) is 44.1 Å². The Kier molecular flexibility index (Phi) is 6.06. The number of H-pyrrole nitrogens is 1. The van der Waals surface area contributed by atoms with Gasteiger partial charge in [-0.3, -0.25) is 4.90 Å².